The number of hydrogen-bond acceptors (Lipinski definition) is 2. The van der Waals surface area contributed by atoms with Gasteiger partial charge in [0.1, 0.15) is 0 Å². The molecule has 0 heterocycles. The second-order valence-corrected chi connectivity index (χ2v) is 5.35. The van der Waals surface area contributed by atoms with E-state index < -0.39 is 10.8 Å². The van der Waals surface area contributed by atoms with Gasteiger partial charge in [-0.25, -0.2) is 0 Å². The molecule has 4 nitrogen and oxygen atoms in total. The summed E-state index contributed by atoms with van der Waals surface area (Å²) in [5.74, 6) is 1.04. The van der Waals surface area contributed by atoms with Gasteiger partial charge in [-0.05, 0) is 26.0 Å². The molecular weight excluding hydrogens is 373 g/mol. The van der Waals surface area contributed by atoms with Crippen LogP contribution in [0, 0.1) is 0 Å². The Morgan fingerprint density at radius 1 is 1.26 bits per heavy atom. The third-order valence-corrected chi connectivity index (χ3v) is 4.00. The molecule has 1 aromatic rings. The van der Waals surface area contributed by atoms with E-state index in [2.05, 4.69) is 4.99 Å². The largest absolute Gasteiger partial charge is 0.370 e. The van der Waals surface area contributed by atoms with Crippen molar-refractivity contribution in [2.45, 2.75) is 18.7 Å². The number of hydrogen-bond donors (Lipinski definition) is 1. The molecule has 0 saturated heterocycles. The van der Waals surface area contributed by atoms with Crippen LogP contribution in [0.15, 0.2) is 40.2 Å². The van der Waals surface area contributed by atoms with Crippen LogP contribution >= 0.6 is 24.0 Å². The summed E-state index contributed by atoms with van der Waals surface area (Å²) < 4.78 is 11.9. The van der Waals surface area contributed by atoms with Crippen LogP contribution < -0.4 is 5.73 Å². The van der Waals surface area contributed by atoms with Gasteiger partial charge in [-0.15, -0.1) is 24.0 Å². The van der Waals surface area contributed by atoms with Crippen molar-refractivity contribution in [2.75, 3.05) is 25.4 Å². The Balaban J connectivity index is 0.00000324. The van der Waals surface area contributed by atoms with Crippen molar-refractivity contribution in [2.24, 2.45) is 10.7 Å². The summed E-state index contributed by atoms with van der Waals surface area (Å²) >= 11 is 0. The van der Waals surface area contributed by atoms with E-state index in [0.717, 1.165) is 18.0 Å². The number of benzene rings is 1. The third-order valence-electron chi connectivity index (χ3n) is 2.64. The molecule has 1 atom stereocenters. The topological polar surface area (TPSA) is 58.7 Å². The molecule has 0 aliphatic rings. The number of nitrogens with zero attached hydrogens (tertiary/aromatic N) is 2. The number of rotatable bonds is 6. The van der Waals surface area contributed by atoms with Crippen molar-refractivity contribution in [1.82, 2.24) is 4.90 Å². The second kappa shape index (κ2) is 10.2. The number of guanidine groups is 1. The van der Waals surface area contributed by atoms with Crippen LogP contribution in [0.3, 0.4) is 0 Å². The molecule has 0 aliphatic heterocycles. The fraction of sp³-hybridized carbons (Fsp3) is 0.462. The number of halogens is 1. The van der Waals surface area contributed by atoms with Gasteiger partial charge in [-0.2, -0.15) is 0 Å². The van der Waals surface area contributed by atoms with E-state index in [1.165, 1.54) is 0 Å². The quantitative estimate of drug-likeness (QED) is 0.456. The Labute approximate surface area is 134 Å². The number of nitrogens with two attached hydrogens (primary N) is 1. The van der Waals surface area contributed by atoms with Crippen LogP contribution in [0.2, 0.25) is 0 Å². The van der Waals surface area contributed by atoms with Crippen molar-refractivity contribution >= 4 is 40.7 Å². The van der Waals surface area contributed by atoms with E-state index in [9.17, 15) is 4.21 Å². The van der Waals surface area contributed by atoms with E-state index in [1.54, 1.807) is 0 Å². The first-order valence-electron chi connectivity index (χ1n) is 6.17. The normalized spacial score (nSPS) is 12.6. The van der Waals surface area contributed by atoms with Gasteiger partial charge in [-0.1, -0.05) is 18.2 Å². The highest BCUT2D eigenvalue weighted by molar-refractivity contribution is 14.0. The molecular formula is C13H22IN3OS. The molecule has 0 spiro atoms. The zero-order valence-electron chi connectivity index (χ0n) is 11.4. The van der Waals surface area contributed by atoms with Crippen LogP contribution in [0.25, 0.3) is 0 Å². The fourth-order valence-electron chi connectivity index (χ4n) is 1.58. The molecule has 1 aromatic carbocycles. The molecule has 0 saturated carbocycles. The lowest BCUT2D eigenvalue weighted by molar-refractivity contribution is 0.458. The third kappa shape index (κ3) is 6.38. The molecule has 0 amide bonds. The summed E-state index contributed by atoms with van der Waals surface area (Å²) in [4.78, 5) is 7.08. The summed E-state index contributed by atoms with van der Waals surface area (Å²) in [5.41, 5.74) is 5.84. The van der Waals surface area contributed by atoms with Crippen molar-refractivity contribution in [3.8, 4) is 0 Å². The van der Waals surface area contributed by atoms with Crippen molar-refractivity contribution in [1.29, 1.82) is 0 Å². The van der Waals surface area contributed by atoms with Crippen LogP contribution in [0.1, 0.15) is 13.8 Å². The van der Waals surface area contributed by atoms with Gasteiger partial charge in [-0.3, -0.25) is 9.20 Å². The highest BCUT2D eigenvalue weighted by atomic mass is 127. The smallest absolute Gasteiger partial charge is 0.191 e. The highest BCUT2D eigenvalue weighted by Crippen LogP contribution is 2.05. The van der Waals surface area contributed by atoms with Crippen LogP contribution in [-0.2, 0) is 10.8 Å². The molecule has 0 aromatic heterocycles. The minimum atomic E-state index is -0.998. The van der Waals surface area contributed by atoms with Crippen LogP contribution in [-0.4, -0.2) is 40.5 Å². The fourth-order valence-corrected chi connectivity index (χ4v) is 2.53. The predicted molar refractivity (Wildman–Crippen MR) is 92.5 cm³/mol. The summed E-state index contributed by atoms with van der Waals surface area (Å²) in [7, 11) is -0.998. The van der Waals surface area contributed by atoms with E-state index in [1.807, 2.05) is 49.1 Å². The lowest BCUT2D eigenvalue weighted by Gasteiger charge is -2.19. The molecule has 1 unspecified atom stereocenters. The van der Waals surface area contributed by atoms with Gasteiger partial charge in [0.25, 0.3) is 0 Å². The maximum atomic E-state index is 11.9. The first kappa shape index (κ1) is 18.4. The molecule has 0 fully saturated rings. The molecule has 1 rings (SSSR count). The van der Waals surface area contributed by atoms with E-state index in [0.29, 0.717) is 18.3 Å². The standard InChI is InChI=1S/C13H21N3OS.HI/c1-3-16(4-2)13(14)15-10-11-18(17)12-8-6-5-7-9-12;/h5-9H,3-4,10-11H2,1-2H3,(H2,14,15);1H. The minimum Gasteiger partial charge on any atom is -0.370 e. The first-order chi connectivity index (χ1) is 8.69. The number of aliphatic imine (C=N–C) groups is 1. The van der Waals surface area contributed by atoms with Crippen molar-refractivity contribution < 1.29 is 4.21 Å². The summed E-state index contributed by atoms with van der Waals surface area (Å²) in [6.07, 6.45) is 0. The maximum absolute atomic E-state index is 11.9. The molecule has 108 valence electrons. The zero-order chi connectivity index (χ0) is 13.4. The highest BCUT2D eigenvalue weighted by Gasteiger charge is 2.04. The molecule has 19 heavy (non-hydrogen) atoms. The van der Waals surface area contributed by atoms with Gasteiger partial charge in [0, 0.05) is 23.7 Å². The molecule has 0 bridgehead atoms. The molecule has 0 radical (unpaired) electrons. The Morgan fingerprint density at radius 2 is 1.84 bits per heavy atom. The van der Waals surface area contributed by atoms with Gasteiger partial charge >= 0.3 is 0 Å². The predicted octanol–water partition coefficient (Wildman–Crippen LogP) is 2.07. The van der Waals surface area contributed by atoms with Gasteiger partial charge in [0.2, 0.25) is 0 Å². The first-order valence-corrected chi connectivity index (χ1v) is 7.49. The van der Waals surface area contributed by atoms with Gasteiger partial charge in [0.05, 0.1) is 17.3 Å². The summed E-state index contributed by atoms with van der Waals surface area (Å²) in [5, 5.41) is 0. The SMILES string of the molecule is CCN(CC)C(N)=NCCS(=O)c1ccccc1.I. The van der Waals surface area contributed by atoms with E-state index in [-0.39, 0.29) is 24.0 Å². The average Bonchev–Trinajstić information content (AvgIpc) is 2.41. The van der Waals surface area contributed by atoms with E-state index >= 15 is 0 Å². The van der Waals surface area contributed by atoms with Gasteiger partial charge < -0.3 is 10.6 Å². The maximum Gasteiger partial charge on any atom is 0.191 e. The Hall–Kier alpha value is -0.630. The van der Waals surface area contributed by atoms with Crippen LogP contribution in [0.5, 0.6) is 0 Å². The monoisotopic (exact) mass is 395 g/mol. The molecule has 6 heteroatoms. The summed E-state index contributed by atoms with van der Waals surface area (Å²) in [6, 6.07) is 9.43. The van der Waals surface area contributed by atoms with Crippen molar-refractivity contribution in [3.05, 3.63) is 30.3 Å². The average molecular weight is 395 g/mol. The lowest BCUT2D eigenvalue weighted by Crippen LogP contribution is -2.37. The Kier molecular flexibility index (Phi) is 9.85. The Morgan fingerprint density at radius 3 is 2.37 bits per heavy atom. The van der Waals surface area contributed by atoms with Crippen molar-refractivity contribution in [3.63, 3.8) is 0 Å². The second-order valence-electron chi connectivity index (χ2n) is 3.77. The Bertz CT molecular complexity index is 408. The van der Waals surface area contributed by atoms with E-state index in [4.69, 9.17) is 5.73 Å². The molecule has 2 N–H and O–H groups in total. The van der Waals surface area contributed by atoms with Gasteiger partial charge in [0.15, 0.2) is 5.96 Å². The molecule has 0 aliphatic carbocycles. The summed E-state index contributed by atoms with van der Waals surface area (Å²) in [6.45, 7) is 6.24. The zero-order valence-corrected chi connectivity index (χ0v) is 14.6. The lowest BCUT2D eigenvalue weighted by atomic mass is 10.4. The van der Waals surface area contributed by atoms with Crippen LogP contribution in [0.4, 0.5) is 0 Å². The minimum absolute atomic E-state index is 0.